The van der Waals surface area contributed by atoms with E-state index in [0.717, 1.165) is 37.0 Å². The van der Waals surface area contributed by atoms with E-state index in [4.69, 9.17) is 19.7 Å². The number of fused-ring (bicyclic) bond motifs is 1. The molecule has 2 aliphatic heterocycles. The summed E-state index contributed by atoms with van der Waals surface area (Å²) in [6.45, 7) is 4.50. The van der Waals surface area contributed by atoms with Crippen LogP contribution in [0.5, 0.6) is 0 Å². The Labute approximate surface area is 246 Å². The van der Waals surface area contributed by atoms with E-state index >= 15 is 0 Å². The van der Waals surface area contributed by atoms with E-state index in [2.05, 4.69) is 26.4 Å². The quantitative estimate of drug-likeness (QED) is 0.0785. The molecular formula is C28H44N6O6S. The van der Waals surface area contributed by atoms with Gasteiger partial charge in [0.05, 0.1) is 45.1 Å². The Balaban J connectivity index is 1.02. The predicted octanol–water partition coefficient (Wildman–Crippen LogP) is 2.62. The molecule has 228 valence electrons. The second kappa shape index (κ2) is 19.4. The van der Waals surface area contributed by atoms with Crippen molar-refractivity contribution in [2.75, 3.05) is 58.5 Å². The number of ether oxygens (including phenoxy) is 3. The van der Waals surface area contributed by atoms with Gasteiger partial charge in [-0.15, -0.1) is 0 Å². The van der Waals surface area contributed by atoms with Gasteiger partial charge in [0.2, 0.25) is 5.91 Å². The number of carbonyl (C=O) groups excluding carboxylic acids is 3. The third-order valence-corrected chi connectivity index (χ3v) is 8.35. The average molecular weight is 593 g/mol. The van der Waals surface area contributed by atoms with E-state index in [1.165, 1.54) is 0 Å². The molecule has 3 atom stereocenters. The van der Waals surface area contributed by atoms with E-state index in [1.54, 1.807) is 24.3 Å². The number of hydrogen-bond acceptors (Lipinski definition) is 9. The van der Waals surface area contributed by atoms with Crippen molar-refractivity contribution < 1.29 is 28.6 Å². The fraction of sp³-hybridized carbons (Fsp3) is 0.679. The van der Waals surface area contributed by atoms with Crippen LogP contribution in [0.3, 0.4) is 0 Å². The van der Waals surface area contributed by atoms with Crippen LogP contribution in [0.1, 0.15) is 54.4 Å². The minimum Gasteiger partial charge on any atom is -0.379 e. The smallest absolute Gasteiger partial charge is 0.315 e. The summed E-state index contributed by atoms with van der Waals surface area (Å²) in [4.78, 5) is 35.6. The monoisotopic (exact) mass is 592 g/mol. The van der Waals surface area contributed by atoms with Crippen molar-refractivity contribution in [2.24, 2.45) is 5.11 Å². The topological polar surface area (TPSA) is 163 Å². The van der Waals surface area contributed by atoms with E-state index in [9.17, 15) is 14.4 Å². The summed E-state index contributed by atoms with van der Waals surface area (Å²) in [5.41, 5.74) is 8.35. The highest BCUT2D eigenvalue weighted by molar-refractivity contribution is 8.00. The zero-order chi connectivity index (χ0) is 29.1. The van der Waals surface area contributed by atoms with Gasteiger partial charge in [0.25, 0.3) is 5.91 Å². The van der Waals surface area contributed by atoms with Crippen LogP contribution in [-0.4, -0.2) is 93.7 Å². The minimum absolute atomic E-state index is 0.0580. The lowest BCUT2D eigenvalue weighted by Gasteiger charge is -2.16. The number of unbranched alkanes of at least 4 members (excludes halogenated alkanes) is 1. The molecular weight excluding hydrogens is 548 g/mol. The third-order valence-electron chi connectivity index (χ3n) is 6.84. The van der Waals surface area contributed by atoms with Gasteiger partial charge in [0.1, 0.15) is 0 Å². The maximum Gasteiger partial charge on any atom is 0.315 e. The normalized spacial score (nSPS) is 19.3. The molecule has 2 fully saturated rings. The maximum atomic E-state index is 12.1. The lowest BCUT2D eigenvalue weighted by molar-refractivity contribution is -0.121. The first-order chi connectivity index (χ1) is 20.1. The van der Waals surface area contributed by atoms with Gasteiger partial charge in [-0.05, 0) is 43.4 Å². The van der Waals surface area contributed by atoms with Crippen LogP contribution in [0.15, 0.2) is 29.4 Å². The summed E-state index contributed by atoms with van der Waals surface area (Å²) in [6, 6.07) is 7.49. The molecule has 0 bridgehead atoms. The maximum absolute atomic E-state index is 12.1. The summed E-state index contributed by atoms with van der Waals surface area (Å²) in [5, 5.41) is 15.5. The molecule has 0 radical (unpaired) electrons. The van der Waals surface area contributed by atoms with Crippen LogP contribution < -0.4 is 21.3 Å². The first-order valence-electron chi connectivity index (χ1n) is 14.5. The van der Waals surface area contributed by atoms with Crippen LogP contribution in [0.2, 0.25) is 0 Å². The summed E-state index contributed by atoms with van der Waals surface area (Å²) in [6.07, 6.45) is 4.86. The zero-order valence-electron chi connectivity index (χ0n) is 23.7. The Bertz CT molecular complexity index is 953. The highest BCUT2D eigenvalue weighted by Gasteiger charge is 2.42. The largest absolute Gasteiger partial charge is 0.379 e. The molecule has 1 aromatic carbocycles. The Hall–Kier alpha value is -2.74. The number of hydrogen-bond donors (Lipinski definition) is 5. The molecule has 1 aromatic rings. The van der Waals surface area contributed by atoms with Gasteiger partial charge in [-0.25, -0.2) is 10.3 Å². The molecule has 0 aliphatic carbocycles. The number of urea groups is 1. The number of carbonyl (C=O) groups is 3. The van der Waals surface area contributed by atoms with Gasteiger partial charge >= 0.3 is 6.03 Å². The molecule has 41 heavy (non-hydrogen) atoms. The van der Waals surface area contributed by atoms with Crippen molar-refractivity contribution in [2.45, 2.75) is 62.4 Å². The lowest BCUT2D eigenvalue weighted by atomic mass is 10.0. The molecule has 0 aromatic heterocycles. The van der Waals surface area contributed by atoms with Crippen molar-refractivity contribution in [3.8, 4) is 0 Å². The number of rotatable bonds is 22. The fourth-order valence-corrected chi connectivity index (χ4v) is 6.18. The summed E-state index contributed by atoms with van der Waals surface area (Å²) in [7, 11) is 0. The van der Waals surface area contributed by atoms with Crippen molar-refractivity contribution in [1.29, 1.82) is 5.53 Å². The summed E-state index contributed by atoms with van der Waals surface area (Å²) >= 11 is 1.91. The molecule has 5 N–H and O–H groups in total. The van der Waals surface area contributed by atoms with Crippen molar-refractivity contribution in [3.05, 3.63) is 35.4 Å². The van der Waals surface area contributed by atoms with Crippen LogP contribution in [0, 0.1) is 5.53 Å². The second-order valence-corrected chi connectivity index (χ2v) is 11.3. The van der Waals surface area contributed by atoms with E-state index in [0.29, 0.717) is 82.9 Å². The molecule has 4 amide bonds. The highest BCUT2D eigenvalue weighted by atomic mass is 32.2. The first kappa shape index (κ1) is 32.8. The Kier molecular flexibility index (Phi) is 15.5. The molecule has 0 saturated carbocycles. The molecule has 1 unspecified atom stereocenters. The van der Waals surface area contributed by atoms with Crippen LogP contribution in [0.4, 0.5) is 4.79 Å². The lowest BCUT2D eigenvalue weighted by Crippen LogP contribution is -2.36. The van der Waals surface area contributed by atoms with Crippen LogP contribution in [0.25, 0.3) is 0 Å². The molecule has 2 aliphatic rings. The minimum atomic E-state index is -0.131. The Morgan fingerprint density at radius 2 is 1.56 bits per heavy atom. The highest BCUT2D eigenvalue weighted by Crippen LogP contribution is 2.33. The van der Waals surface area contributed by atoms with Gasteiger partial charge in [-0.3, -0.25) is 9.59 Å². The Morgan fingerprint density at radius 1 is 0.902 bits per heavy atom. The zero-order valence-corrected chi connectivity index (χ0v) is 24.5. The molecule has 13 heteroatoms. The van der Waals surface area contributed by atoms with Gasteiger partial charge in [-0.2, -0.15) is 16.9 Å². The second-order valence-electron chi connectivity index (χ2n) is 10.0. The number of benzene rings is 1. The van der Waals surface area contributed by atoms with Gasteiger partial charge in [0.15, 0.2) is 0 Å². The number of thioether (sulfide) groups is 1. The van der Waals surface area contributed by atoms with Crippen molar-refractivity contribution >= 4 is 29.6 Å². The van der Waals surface area contributed by atoms with E-state index < -0.39 is 0 Å². The van der Waals surface area contributed by atoms with Crippen LogP contribution >= 0.6 is 11.8 Å². The summed E-state index contributed by atoms with van der Waals surface area (Å²) in [5.74, 6) is 0.908. The van der Waals surface area contributed by atoms with Gasteiger partial charge in [-0.1, -0.05) is 18.6 Å². The van der Waals surface area contributed by atoms with E-state index in [1.807, 2.05) is 11.8 Å². The third kappa shape index (κ3) is 12.8. The average Bonchev–Trinajstić information content (AvgIpc) is 3.52. The summed E-state index contributed by atoms with van der Waals surface area (Å²) < 4.78 is 16.6. The van der Waals surface area contributed by atoms with E-state index in [-0.39, 0.29) is 29.9 Å². The van der Waals surface area contributed by atoms with Crippen LogP contribution in [-0.2, 0) is 25.5 Å². The molecule has 3 rings (SSSR count). The predicted molar refractivity (Wildman–Crippen MR) is 156 cm³/mol. The SMILES string of the molecule is N=NCc1ccc(C(=O)NCCCOCCOCCOCCCNC(=O)CCCCC2SC[C@@H]3NC(=O)N[C@H]23)cc1. The number of nitrogens with one attached hydrogen (secondary N) is 5. The first-order valence-corrected chi connectivity index (χ1v) is 15.5. The van der Waals surface area contributed by atoms with Crippen molar-refractivity contribution in [1.82, 2.24) is 21.3 Å². The number of amides is 4. The molecule has 2 heterocycles. The standard InChI is InChI=1S/C28H44N6O6S/c29-32-19-21-7-9-22(10-8-21)27(36)31-12-4-14-39-16-18-40-17-15-38-13-3-11-30-25(35)6-2-1-5-24-26-23(20-41-24)33-28(37)34-26/h7-10,23-24,26,29H,1-6,11-20H2,(H,30,35)(H,31,36)(H2,33,34,37)/t23-,24?,26-/m0/s1. The molecule has 0 spiro atoms. The van der Waals surface area contributed by atoms with Gasteiger partial charge in [0, 0.05) is 49.3 Å². The fourth-order valence-electron chi connectivity index (χ4n) is 4.64. The van der Waals surface area contributed by atoms with Crippen molar-refractivity contribution in [3.63, 3.8) is 0 Å². The molecule has 12 nitrogen and oxygen atoms in total. The number of nitrogens with zero attached hydrogens (tertiary/aromatic N) is 1. The Morgan fingerprint density at radius 3 is 2.24 bits per heavy atom. The van der Waals surface area contributed by atoms with Gasteiger partial charge < -0.3 is 35.5 Å². The molecule has 2 saturated heterocycles.